The molecule has 0 unspecified atom stereocenters. The molecule has 2 amide bonds. The highest BCUT2D eigenvalue weighted by molar-refractivity contribution is 8.00. The number of methoxy groups -OCH3 is 1. The summed E-state index contributed by atoms with van der Waals surface area (Å²) in [4.78, 5) is 25.7. The van der Waals surface area contributed by atoms with Crippen LogP contribution in [0.1, 0.15) is 17.3 Å². The number of rotatable bonds is 8. The Bertz CT molecular complexity index is 775. The summed E-state index contributed by atoms with van der Waals surface area (Å²) in [5.74, 6) is 0.344. The zero-order valence-electron chi connectivity index (χ0n) is 14.8. The normalized spacial score (nSPS) is 11.3. The van der Waals surface area contributed by atoms with Crippen molar-refractivity contribution in [3.05, 3.63) is 66.7 Å². The number of benzene rings is 2. The van der Waals surface area contributed by atoms with Crippen molar-refractivity contribution in [3.8, 4) is 5.75 Å². The molecule has 0 spiro atoms. The smallest absolute Gasteiger partial charge is 0.253 e. The molecule has 6 heteroatoms. The van der Waals surface area contributed by atoms with Crippen LogP contribution in [0.5, 0.6) is 5.75 Å². The van der Waals surface area contributed by atoms with Crippen molar-refractivity contribution < 1.29 is 14.3 Å². The van der Waals surface area contributed by atoms with E-state index < -0.39 is 0 Å². The Kier molecular flexibility index (Phi) is 7.29. The number of amides is 2. The molecule has 0 bridgehead atoms. The molecule has 0 radical (unpaired) electrons. The molecule has 0 aliphatic heterocycles. The Morgan fingerprint density at radius 3 is 2.54 bits per heavy atom. The first kappa shape index (κ1) is 19.6. The molecular weight excluding hydrogens is 348 g/mol. The Labute approximate surface area is 157 Å². The Hall–Kier alpha value is -2.73. The summed E-state index contributed by atoms with van der Waals surface area (Å²) in [5.41, 5.74) is 0.908. The van der Waals surface area contributed by atoms with E-state index in [-0.39, 0.29) is 17.1 Å². The minimum atomic E-state index is -0.326. The van der Waals surface area contributed by atoms with Crippen LogP contribution in [0.3, 0.4) is 0 Å². The summed E-state index contributed by atoms with van der Waals surface area (Å²) in [7, 11) is 1.61. The van der Waals surface area contributed by atoms with E-state index >= 15 is 0 Å². The molecular formula is C20H22N2O3S. The summed E-state index contributed by atoms with van der Waals surface area (Å²) >= 11 is 1.44. The number of thioether (sulfide) groups is 1. The van der Waals surface area contributed by atoms with Gasteiger partial charge >= 0.3 is 0 Å². The average Bonchev–Trinajstić information content (AvgIpc) is 2.67. The van der Waals surface area contributed by atoms with Gasteiger partial charge in [-0.1, -0.05) is 18.2 Å². The zero-order chi connectivity index (χ0) is 18.9. The maximum absolute atomic E-state index is 12.5. The van der Waals surface area contributed by atoms with Gasteiger partial charge in [0.25, 0.3) is 5.91 Å². The van der Waals surface area contributed by atoms with Crippen LogP contribution in [-0.2, 0) is 4.79 Å². The molecule has 136 valence electrons. The van der Waals surface area contributed by atoms with Crippen LogP contribution in [0.25, 0.3) is 0 Å². The van der Waals surface area contributed by atoms with Crippen LogP contribution in [0.15, 0.2) is 66.1 Å². The third-order valence-corrected chi connectivity index (χ3v) is 4.69. The van der Waals surface area contributed by atoms with Crippen LogP contribution in [0.4, 0.5) is 5.69 Å². The number of ether oxygens (including phenoxy) is 1. The second-order valence-electron chi connectivity index (χ2n) is 5.47. The third-order valence-electron chi connectivity index (χ3n) is 3.58. The van der Waals surface area contributed by atoms with E-state index in [4.69, 9.17) is 4.74 Å². The van der Waals surface area contributed by atoms with E-state index in [9.17, 15) is 9.59 Å². The summed E-state index contributed by atoms with van der Waals surface area (Å²) < 4.78 is 5.13. The molecule has 5 nitrogen and oxygen atoms in total. The Balaban J connectivity index is 2.04. The second-order valence-corrected chi connectivity index (χ2v) is 6.88. The Morgan fingerprint density at radius 2 is 1.88 bits per heavy atom. The largest absolute Gasteiger partial charge is 0.497 e. The van der Waals surface area contributed by atoms with E-state index in [1.54, 1.807) is 37.5 Å². The van der Waals surface area contributed by atoms with Crippen molar-refractivity contribution in [3.63, 3.8) is 0 Å². The molecule has 0 aliphatic rings. The monoisotopic (exact) mass is 370 g/mol. The average molecular weight is 370 g/mol. The number of nitrogens with one attached hydrogen (secondary N) is 2. The molecule has 0 saturated carbocycles. The van der Waals surface area contributed by atoms with Gasteiger partial charge in [0, 0.05) is 11.4 Å². The maximum atomic E-state index is 12.5. The molecule has 2 aromatic rings. The van der Waals surface area contributed by atoms with Gasteiger partial charge in [-0.05, 0) is 43.3 Å². The van der Waals surface area contributed by atoms with Gasteiger partial charge in [-0.2, -0.15) is 0 Å². The summed E-state index contributed by atoms with van der Waals surface area (Å²) in [5, 5.41) is 5.23. The zero-order valence-corrected chi connectivity index (χ0v) is 15.6. The number of hydrogen-bond acceptors (Lipinski definition) is 4. The van der Waals surface area contributed by atoms with Gasteiger partial charge < -0.3 is 15.4 Å². The van der Waals surface area contributed by atoms with Crippen LogP contribution in [0, 0.1) is 0 Å². The number of para-hydroxylation sites is 1. The van der Waals surface area contributed by atoms with Gasteiger partial charge in [0.15, 0.2) is 0 Å². The van der Waals surface area contributed by atoms with Gasteiger partial charge in [0.2, 0.25) is 5.91 Å². The van der Waals surface area contributed by atoms with Gasteiger partial charge in [-0.25, -0.2) is 0 Å². The number of hydrogen-bond donors (Lipinski definition) is 2. The summed E-state index contributed by atoms with van der Waals surface area (Å²) in [6.45, 7) is 5.77. The van der Waals surface area contributed by atoms with Crippen molar-refractivity contribution in [2.75, 3.05) is 19.0 Å². The van der Waals surface area contributed by atoms with E-state index in [2.05, 4.69) is 17.2 Å². The third kappa shape index (κ3) is 5.39. The molecule has 0 aromatic heterocycles. The highest BCUT2D eigenvalue weighted by Gasteiger charge is 2.18. The van der Waals surface area contributed by atoms with E-state index in [0.29, 0.717) is 17.8 Å². The van der Waals surface area contributed by atoms with Crippen molar-refractivity contribution >= 4 is 29.3 Å². The number of carbonyl (C=O) groups is 2. The van der Waals surface area contributed by atoms with Crippen LogP contribution in [0.2, 0.25) is 0 Å². The predicted molar refractivity (Wildman–Crippen MR) is 106 cm³/mol. The quantitative estimate of drug-likeness (QED) is 0.549. The minimum Gasteiger partial charge on any atom is -0.497 e. The minimum absolute atomic E-state index is 0.171. The molecule has 0 heterocycles. The summed E-state index contributed by atoms with van der Waals surface area (Å²) in [6, 6.07) is 14.4. The standard InChI is InChI=1S/C20H22N2O3S/c1-4-13-21-20(24)17-7-5-6-8-18(17)22-19(23)14(2)26-16-11-9-15(25-3)10-12-16/h4-12,14H,1,13H2,2-3H3,(H,21,24)(H,22,23)/t14-/m1/s1. The molecule has 0 saturated heterocycles. The van der Waals surface area contributed by atoms with Crippen molar-refractivity contribution in [1.29, 1.82) is 0 Å². The molecule has 0 fully saturated rings. The predicted octanol–water partition coefficient (Wildman–Crippen LogP) is 3.73. The van der Waals surface area contributed by atoms with Crippen molar-refractivity contribution in [2.45, 2.75) is 17.1 Å². The van der Waals surface area contributed by atoms with E-state index in [0.717, 1.165) is 10.6 Å². The first-order chi connectivity index (χ1) is 12.5. The van der Waals surface area contributed by atoms with Crippen LogP contribution in [-0.4, -0.2) is 30.7 Å². The number of carbonyl (C=O) groups excluding carboxylic acids is 2. The van der Waals surface area contributed by atoms with Gasteiger partial charge in [-0.15, -0.1) is 18.3 Å². The highest BCUT2D eigenvalue weighted by atomic mass is 32.2. The topological polar surface area (TPSA) is 67.4 Å². The molecule has 2 aromatic carbocycles. The van der Waals surface area contributed by atoms with Crippen LogP contribution < -0.4 is 15.4 Å². The molecule has 26 heavy (non-hydrogen) atoms. The highest BCUT2D eigenvalue weighted by Crippen LogP contribution is 2.26. The first-order valence-corrected chi connectivity index (χ1v) is 9.02. The van der Waals surface area contributed by atoms with Gasteiger partial charge in [-0.3, -0.25) is 9.59 Å². The maximum Gasteiger partial charge on any atom is 0.253 e. The first-order valence-electron chi connectivity index (χ1n) is 8.15. The lowest BCUT2D eigenvalue weighted by atomic mass is 10.1. The lowest BCUT2D eigenvalue weighted by Crippen LogP contribution is -2.27. The Morgan fingerprint density at radius 1 is 1.19 bits per heavy atom. The molecule has 0 aliphatic carbocycles. The fourth-order valence-electron chi connectivity index (χ4n) is 2.20. The lowest BCUT2D eigenvalue weighted by molar-refractivity contribution is -0.115. The molecule has 2 rings (SSSR count). The molecule has 2 N–H and O–H groups in total. The summed E-state index contributed by atoms with van der Waals surface area (Å²) in [6.07, 6.45) is 1.60. The van der Waals surface area contributed by atoms with E-state index in [1.807, 2.05) is 31.2 Å². The van der Waals surface area contributed by atoms with Gasteiger partial charge in [0.1, 0.15) is 5.75 Å². The fraction of sp³-hybridized carbons (Fsp3) is 0.200. The SMILES string of the molecule is C=CCNC(=O)c1ccccc1NC(=O)[C@@H](C)Sc1ccc(OC)cc1. The fourth-order valence-corrected chi connectivity index (χ4v) is 3.06. The van der Waals surface area contributed by atoms with Crippen molar-refractivity contribution in [2.24, 2.45) is 0 Å². The second kappa shape index (κ2) is 9.68. The van der Waals surface area contributed by atoms with E-state index in [1.165, 1.54) is 11.8 Å². The van der Waals surface area contributed by atoms with Crippen molar-refractivity contribution in [1.82, 2.24) is 5.32 Å². The molecule has 1 atom stereocenters. The van der Waals surface area contributed by atoms with Crippen LogP contribution >= 0.6 is 11.8 Å². The number of anilines is 1. The van der Waals surface area contributed by atoms with Gasteiger partial charge in [0.05, 0.1) is 23.6 Å². The lowest BCUT2D eigenvalue weighted by Gasteiger charge is -2.14.